The number of rotatable bonds is 14. The van der Waals surface area contributed by atoms with E-state index in [4.69, 9.17) is 4.74 Å². The first-order valence-electron chi connectivity index (χ1n) is 12.3. The molecule has 196 valence electrons. The maximum Gasteiger partial charge on any atom is 0.274 e. The van der Waals surface area contributed by atoms with Crippen LogP contribution >= 0.6 is 0 Å². The number of hydrogen-bond acceptors (Lipinski definition) is 7. The molecule has 0 saturated heterocycles. The molecule has 0 radical (unpaired) electrons. The summed E-state index contributed by atoms with van der Waals surface area (Å²) >= 11 is 0. The lowest BCUT2D eigenvalue weighted by atomic mass is 10.2. The second-order valence-corrected chi connectivity index (χ2v) is 9.91. The number of para-hydroxylation sites is 2. The van der Waals surface area contributed by atoms with Gasteiger partial charge in [0.15, 0.2) is 5.88 Å². The Labute approximate surface area is 216 Å². The average molecular weight is 495 g/mol. The fraction of sp³-hybridized carbons (Fsp3) is 0.429. The smallest absolute Gasteiger partial charge is 0.274 e. The van der Waals surface area contributed by atoms with Gasteiger partial charge in [0.1, 0.15) is 11.3 Å². The van der Waals surface area contributed by atoms with E-state index < -0.39 is 0 Å². The standard InChI is InChI=1S/C28H42N6O2/c1-9-16-29-21(2)34(18-17-33(7)8)20-23-14-15-26(30-19-23)27(35)32-25-13-11-10-12-24(25)31-22(3)36-28(4,5)6/h10-15,19,29,31H,2-3,9,16-18,20H2,1,4-8H3,(H,32,35). The van der Waals surface area contributed by atoms with Crippen LogP contribution in [0.1, 0.15) is 50.2 Å². The molecule has 0 aliphatic heterocycles. The van der Waals surface area contributed by atoms with Crippen molar-refractivity contribution in [2.24, 2.45) is 0 Å². The van der Waals surface area contributed by atoms with Gasteiger partial charge in [0, 0.05) is 32.4 Å². The van der Waals surface area contributed by atoms with Crippen molar-refractivity contribution in [2.75, 3.05) is 44.4 Å². The Bertz CT molecular complexity index is 1010. The molecule has 1 aromatic heterocycles. The normalized spacial score (nSPS) is 11.1. The van der Waals surface area contributed by atoms with Gasteiger partial charge < -0.3 is 30.5 Å². The van der Waals surface area contributed by atoms with E-state index in [1.54, 1.807) is 12.3 Å². The second-order valence-electron chi connectivity index (χ2n) is 9.91. The van der Waals surface area contributed by atoms with Gasteiger partial charge in [0.05, 0.1) is 17.2 Å². The Morgan fingerprint density at radius 2 is 1.69 bits per heavy atom. The number of carbonyl (C=O) groups excluding carboxylic acids is 1. The SMILES string of the molecule is C=C(Nc1ccccc1NC(=O)c1ccc(CN(CCN(C)C)C(=C)NCCC)cn1)OC(C)(C)C. The monoisotopic (exact) mass is 494 g/mol. The number of ether oxygens (including phenoxy) is 1. The Kier molecular flexibility index (Phi) is 10.8. The lowest BCUT2D eigenvalue weighted by Crippen LogP contribution is -2.36. The Morgan fingerprint density at radius 1 is 1.03 bits per heavy atom. The number of hydrogen-bond donors (Lipinski definition) is 3. The Morgan fingerprint density at radius 3 is 2.25 bits per heavy atom. The van der Waals surface area contributed by atoms with Crippen LogP contribution in [0, 0.1) is 0 Å². The van der Waals surface area contributed by atoms with Crippen LogP contribution in [0.5, 0.6) is 0 Å². The maximum atomic E-state index is 12.9. The molecule has 3 N–H and O–H groups in total. The summed E-state index contributed by atoms with van der Waals surface area (Å²) < 4.78 is 5.75. The van der Waals surface area contributed by atoms with Gasteiger partial charge in [0.2, 0.25) is 0 Å². The summed E-state index contributed by atoms with van der Waals surface area (Å²) in [7, 11) is 4.10. The predicted molar refractivity (Wildman–Crippen MR) is 149 cm³/mol. The number of nitrogens with zero attached hydrogens (tertiary/aromatic N) is 3. The highest BCUT2D eigenvalue weighted by molar-refractivity contribution is 6.04. The number of pyridine rings is 1. The summed E-state index contributed by atoms with van der Waals surface area (Å²) in [5.41, 5.74) is 2.25. The van der Waals surface area contributed by atoms with E-state index in [9.17, 15) is 4.79 Å². The zero-order valence-electron chi connectivity index (χ0n) is 22.6. The average Bonchev–Trinajstić information content (AvgIpc) is 2.80. The molecule has 8 heteroatoms. The summed E-state index contributed by atoms with van der Waals surface area (Å²) in [6.45, 7) is 19.4. The predicted octanol–water partition coefficient (Wildman–Crippen LogP) is 4.87. The Balaban J connectivity index is 2.07. The van der Waals surface area contributed by atoms with Crippen molar-refractivity contribution in [3.8, 4) is 0 Å². The molecule has 0 unspecified atom stereocenters. The Hall–Kier alpha value is -3.52. The fourth-order valence-electron chi connectivity index (χ4n) is 3.32. The highest BCUT2D eigenvalue weighted by atomic mass is 16.5. The van der Waals surface area contributed by atoms with Crippen molar-refractivity contribution < 1.29 is 9.53 Å². The number of benzene rings is 1. The molecule has 36 heavy (non-hydrogen) atoms. The summed E-state index contributed by atoms with van der Waals surface area (Å²) in [5, 5.41) is 9.42. The van der Waals surface area contributed by atoms with Crippen LogP contribution in [0.4, 0.5) is 11.4 Å². The van der Waals surface area contributed by atoms with Crippen molar-refractivity contribution in [2.45, 2.75) is 46.3 Å². The highest BCUT2D eigenvalue weighted by Crippen LogP contribution is 2.24. The first-order valence-corrected chi connectivity index (χ1v) is 12.3. The number of nitrogens with one attached hydrogen (secondary N) is 3. The van der Waals surface area contributed by atoms with E-state index in [0.717, 1.165) is 37.4 Å². The fourth-order valence-corrected chi connectivity index (χ4v) is 3.32. The minimum Gasteiger partial charge on any atom is -0.474 e. The molecule has 0 spiro atoms. The molecule has 0 aliphatic carbocycles. The van der Waals surface area contributed by atoms with Crippen molar-refractivity contribution >= 4 is 17.3 Å². The third-order valence-corrected chi connectivity index (χ3v) is 5.09. The van der Waals surface area contributed by atoms with Crippen molar-refractivity contribution in [3.63, 3.8) is 0 Å². The van der Waals surface area contributed by atoms with Gasteiger partial charge in [0.25, 0.3) is 5.91 Å². The van der Waals surface area contributed by atoms with Crippen LogP contribution in [0.25, 0.3) is 0 Å². The first-order chi connectivity index (χ1) is 17.0. The van der Waals surface area contributed by atoms with E-state index >= 15 is 0 Å². The number of aromatic nitrogens is 1. The van der Waals surface area contributed by atoms with Gasteiger partial charge in [-0.05, 0) is 71.6 Å². The van der Waals surface area contributed by atoms with Gasteiger partial charge in [-0.25, -0.2) is 0 Å². The minimum absolute atomic E-state index is 0.295. The number of likely N-dealkylation sites (N-methyl/N-ethyl adjacent to an activating group) is 1. The zero-order valence-corrected chi connectivity index (χ0v) is 22.6. The lowest BCUT2D eigenvalue weighted by molar-refractivity contribution is 0.0565. The molecule has 0 atom stereocenters. The van der Waals surface area contributed by atoms with E-state index in [2.05, 4.69) is 64.9 Å². The second kappa shape index (κ2) is 13.5. The highest BCUT2D eigenvalue weighted by Gasteiger charge is 2.15. The third kappa shape index (κ3) is 10.00. The van der Waals surface area contributed by atoms with E-state index in [1.807, 2.05) is 51.1 Å². The topological polar surface area (TPSA) is 81.8 Å². The molecule has 2 rings (SSSR count). The van der Waals surface area contributed by atoms with Crippen molar-refractivity contribution in [3.05, 3.63) is 78.7 Å². The van der Waals surface area contributed by atoms with E-state index in [0.29, 0.717) is 29.5 Å². The van der Waals surface area contributed by atoms with Gasteiger partial charge in [-0.1, -0.05) is 31.7 Å². The number of carbonyl (C=O) groups is 1. The van der Waals surface area contributed by atoms with Crippen LogP contribution in [0.15, 0.2) is 67.5 Å². The molecule has 8 nitrogen and oxygen atoms in total. The van der Waals surface area contributed by atoms with Gasteiger partial charge >= 0.3 is 0 Å². The minimum atomic E-state index is -0.381. The summed E-state index contributed by atoms with van der Waals surface area (Å²) in [4.78, 5) is 21.7. The summed E-state index contributed by atoms with van der Waals surface area (Å²) in [6.07, 6.45) is 2.77. The van der Waals surface area contributed by atoms with Crippen molar-refractivity contribution in [1.29, 1.82) is 0 Å². The van der Waals surface area contributed by atoms with Crippen LogP contribution in [0.3, 0.4) is 0 Å². The zero-order chi connectivity index (χ0) is 26.7. The lowest BCUT2D eigenvalue weighted by Gasteiger charge is -2.28. The first kappa shape index (κ1) is 28.7. The van der Waals surface area contributed by atoms with Gasteiger partial charge in [-0.3, -0.25) is 9.78 Å². The molecule has 0 aliphatic rings. The summed E-state index contributed by atoms with van der Waals surface area (Å²) in [5.74, 6) is 0.999. The molecule has 0 saturated carbocycles. The van der Waals surface area contributed by atoms with Gasteiger partial charge in [-0.2, -0.15) is 0 Å². The number of amides is 1. The molecule has 1 amide bonds. The molecule has 1 aromatic carbocycles. The quantitative estimate of drug-likeness (QED) is 0.323. The molecular formula is C28H42N6O2. The van der Waals surface area contributed by atoms with Crippen LogP contribution < -0.4 is 16.0 Å². The maximum absolute atomic E-state index is 12.9. The van der Waals surface area contributed by atoms with E-state index in [1.165, 1.54) is 0 Å². The molecular weight excluding hydrogens is 452 g/mol. The van der Waals surface area contributed by atoms with Crippen LogP contribution in [-0.2, 0) is 11.3 Å². The summed E-state index contributed by atoms with van der Waals surface area (Å²) in [6, 6.07) is 11.1. The third-order valence-electron chi connectivity index (χ3n) is 5.09. The molecule has 0 fully saturated rings. The number of anilines is 2. The van der Waals surface area contributed by atoms with E-state index in [-0.39, 0.29) is 11.5 Å². The van der Waals surface area contributed by atoms with Crippen LogP contribution in [0.2, 0.25) is 0 Å². The molecule has 1 heterocycles. The molecule has 2 aromatic rings. The largest absolute Gasteiger partial charge is 0.474 e. The van der Waals surface area contributed by atoms with Gasteiger partial charge in [-0.15, -0.1) is 0 Å². The molecule has 0 bridgehead atoms. The van der Waals surface area contributed by atoms with Crippen molar-refractivity contribution in [1.82, 2.24) is 20.1 Å². The van der Waals surface area contributed by atoms with Crippen LogP contribution in [-0.4, -0.2) is 60.0 Å².